The van der Waals surface area contributed by atoms with E-state index in [2.05, 4.69) is 19.2 Å². The van der Waals surface area contributed by atoms with Gasteiger partial charge in [0.2, 0.25) is 29.5 Å². The normalized spacial score (nSPS) is 22.2. The summed E-state index contributed by atoms with van der Waals surface area (Å²) in [5.41, 5.74) is 0. The van der Waals surface area contributed by atoms with E-state index in [-0.39, 0.29) is 49.1 Å². The number of esters is 1. The number of β-amino-alcohol motifs (C(OH)–C–C–N with tert-alkyl or cyclic N) is 1. The van der Waals surface area contributed by atoms with Crippen molar-refractivity contribution in [3.63, 3.8) is 0 Å². The highest BCUT2D eigenvalue weighted by Gasteiger charge is 2.48. The highest BCUT2D eigenvalue weighted by molar-refractivity contribution is 6.02. The second-order valence-corrected chi connectivity index (χ2v) is 16.3. The fourth-order valence-electron chi connectivity index (χ4n) is 7.77. The Kier molecular flexibility index (Phi) is 17.4. The second kappa shape index (κ2) is 20.2. The predicted molar refractivity (Wildman–Crippen MR) is 200 cm³/mol. The van der Waals surface area contributed by atoms with Gasteiger partial charge in [0.1, 0.15) is 30.3 Å². The first-order valence-corrected chi connectivity index (χ1v) is 19.5. The molecule has 2 N–H and O–H groups in total. The number of carbonyl (C=O) groups excluding carboxylic acids is 7. The average molecular weight is 750 g/mol. The third-order valence-corrected chi connectivity index (χ3v) is 10.6. The second-order valence-electron chi connectivity index (χ2n) is 16.3. The lowest BCUT2D eigenvalue weighted by Crippen LogP contribution is -2.62. The van der Waals surface area contributed by atoms with E-state index in [0.29, 0.717) is 25.2 Å². The van der Waals surface area contributed by atoms with Crippen LogP contribution in [0.2, 0.25) is 0 Å². The van der Waals surface area contributed by atoms with Crippen LogP contribution in [0.4, 0.5) is 0 Å². The molecule has 0 aromatic heterocycles. The Morgan fingerprint density at radius 1 is 0.962 bits per heavy atom. The lowest BCUT2D eigenvalue weighted by Gasteiger charge is -2.38. The van der Waals surface area contributed by atoms with Gasteiger partial charge in [0.05, 0.1) is 6.10 Å². The van der Waals surface area contributed by atoms with Gasteiger partial charge in [0.15, 0.2) is 0 Å². The Morgan fingerprint density at radius 2 is 1.58 bits per heavy atom. The fraction of sp³-hybridized carbons (Fsp3) is 0.821. The van der Waals surface area contributed by atoms with Crippen LogP contribution in [0.1, 0.15) is 121 Å². The Hall–Kier alpha value is -3.55. The van der Waals surface area contributed by atoms with Crippen molar-refractivity contribution in [1.82, 2.24) is 24.9 Å². The number of carbonyl (C=O) groups is 7. The van der Waals surface area contributed by atoms with Crippen molar-refractivity contribution in [1.29, 1.82) is 0 Å². The number of likely N-dealkylation sites (N-methyl/N-ethyl adjacent to an activating group) is 2. The van der Waals surface area contributed by atoms with Gasteiger partial charge in [-0.1, -0.05) is 67.7 Å². The molecule has 4 unspecified atom stereocenters. The number of ether oxygens (including phenoxy) is 1. The number of nitrogens with one attached hydrogen (secondary N) is 1. The van der Waals surface area contributed by atoms with Crippen LogP contribution in [-0.2, 0) is 38.3 Å². The number of hydrogen-bond acceptors (Lipinski definition) is 9. The number of likely N-dealkylation sites (tertiary alicyclic amines) is 2. The Bertz CT molecular complexity index is 1320. The van der Waals surface area contributed by atoms with Gasteiger partial charge in [-0.25, -0.2) is 0 Å². The molecule has 2 aliphatic rings. The summed E-state index contributed by atoms with van der Waals surface area (Å²) >= 11 is 0. The molecule has 2 heterocycles. The molecule has 0 bridgehead atoms. The van der Waals surface area contributed by atoms with Crippen LogP contribution < -0.4 is 5.32 Å². The molecular formula is C39H67N5O9. The Morgan fingerprint density at radius 3 is 2.09 bits per heavy atom. The van der Waals surface area contributed by atoms with Crippen molar-refractivity contribution in [3.05, 3.63) is 0 Å². The number of rotatable bonds is 18. The van der Waals surface area contributed by atoms with E-state index < -0.39 is 71.9 Å². The zero-order valence-electron chi connectivity index (χ0n) is 34.2. The monoisotopic (exact) mass is 749 g/mol. The third kappa shape index (κ3) is 12.0. The van der Waals surface area contributed by atoms with Crippen LogP contribution in [0, 0.1) is 23.7 Å². The van der Waals surface area contributed by atoms with E-state index >= 15 is 0 Å². The summed E-state index contributed by atoms with van der Waals surface area (Å²) in [5, 5.41) is 13.4. The van der Waals surface area contributed by atoms with Crippen molar-refractivity contribution in [2.24, 2.45) is 23.7 Å². The molecule has 2 fully saturated rings. The lowest BCUT2D eigenvalue weighted by atomic mass is 9.91. The van der Waals surface area contributed by atoms with Crippen LogP contribution >= 0.6 is 0 Å². The van der Waals surface area contributed by atoms with Crippen LogP contribution in [0.15, 0.2) is 0 Å². The number of aliphatic hydroxyl groups excluding tert-OH is 1. The highest BCUT2D eigenvalue weighted by Crippen LogP contribution is 2.28. The highest BCUT2D eigenvalue weighted by atomic mass is 16.5. The molecule has 0 aliphatic carbocycles. The molecule has 0 saturated carbocycles. The minimum atomic E-state index is -1.43. The molecule has 2 rings (SSSR count). The maximum Gasteiger partial charge on any atom is 0.302 e. The van der Waals surface area contributed by atoms with E-state index in [4.69, 9.17) is 4.74 Å². The Balaban J connectivity index is 2.41. The zero-order chi connectivity index (χ0) is 40.5. The number of amides is 6. The molecule has 14 nitrogen and oxygen atoms in total. The van der Waals surface area contributed by atoms with Gasteiger partial charge in [-0.05, 0) is 50.9 Å². The van der Waals surface area contributed by atoms with Gasteiger partial charge in [-0.2, -0.15) is 0 Å². The van der Waals surface area contributed by atoms with Gasteiger partial charge in [-0.15, -0.1) is 0 Å². The molecule has 2 saturated heterocycles. The van der Waals surface area contributed by atoms with Crippen LogP contribution in [-0.4, -0.2) is 129 Å². The van der Waals surface area contributed by atoms with Crippen LogP contribution in [0.3, 0.4) is 0 Å². The van der Waals surface area contributed by atoms with E-state index in [1.807, 2.05) is 20.8 Å². The SMILES string of the molecule is CCCCC(C)CC(C)C(=O)N(C)[C@@H](CC(C)C)C(=O)N[C@H](C(=O)N(C)[C@H](C(=O)N1C[C@@H](O)C[C@H]1C(=O)N1C(=O)CCC1C)C(C)C)C(C)OC(C)=O. The van der Waals surface area contributed by atoms with Crippen molar-refractivity contribution in [2.45, 2.75) is 163 Å². The van der Waals surface area contributed by atoms with Crippen molar-refractivity contribution in [3.8, 4) is 0 Å². The number of imide groups is 1. The molecule has 0 aromatic rings. The average Bonchev–Trinajstić information content (AvgIpc) is 3.63. The summed E-state index contributed by atoms with van der Waals surface area (Å²) in [4.78, 5) is 99.8. The fourth-order valence-corrected chi connectivity index (χ4v) is 7.77. The third-order valence-electron chi connectivity index (χ3n) is 10.6. The van der Waals surface area contributed by atoms with Crippen LogP contribution in [0.25, 0.3) is 0 Å². The van der Waals surface area contributed by atoms with Crippen molar-refractivity contribution < 1.29 is 43.4 Å². The van der Waals surface area contributed by atoms with Gasteiger partial charge in [0, 0.05) is 52.4 Å². The van der Waals surface area contributed by atoms with Crippen molar-refractivity contribution in [2.75, 3.05) is 20.6 Å². The van der Waals surface area contributed by atoms with E-state index in [9.17, 15) is 38.7 Å². The van der Waals surface area contributed by atoms with Crippen LogP contribution in [0.5, 0.6) is 0 Å². The summed E-state index contributed by atoms with van der Waals surface area (Å²) in [6.45, 7) is 17.7. The molecule has 53 heavy (non-hydrogen) atoms. The molecule has 14 heteroatoms. The topological polar surface area (TPSA) is 174 Å². The largest absolute Gasteiger partial charge is 0.460 e. The Labute approximate surface area is 316 Å². The van der Waals surface area contributed by atoms with E-state index in [1.54, 1.807) is 27.8 Å². The quantitative estimate of drug-likeness (QED) is 0.158. The lowest BCUT2D eigenvalue weighted by molar-refractivity contribution is -0.157. The van der Waals surface area contributed by atoms with Gasteiger partial charge < -0.3 is 29.9 Å². The number of unbranched alkanes of at least 4 members (excludes halogenated alkanes) is 1. The molecule has 0 aromatic carbocycles. The minimum absolute atomic E-state index is 0.00996. The van der Waals surface area contributed by atoms with Gasteiger partial charge in [-0.3, -0.25) is 38.5 Å². The first-order valence-electron chi connectivity index (χ1n) is 19.5. The smallest absolute Gasteiger partial charge is 0.302 e. The first-order chi connectivity index (χ1) is 24.6. The maximum absolute atomic E-state index is 14.4. The van der Waals surface area contributed by atoms with E-state index in [0.717, 1.165) is 24.2 Å². The zero-order valence-corrected chi connectivity index (χ0v) is 34.2. The van der Waals surface area contributed by atoms with Crippen molar-refractivity contribution >= 4 is 41.4 Å². The maximum atomic E-state index is 14.4. The molecule has 2 aliphatic heterocycles. The predicted octanol–water partition coefficient (Wildman–Crippen LogP) is 3.13. The summed E-state index contributed by atoms with van der Waals surface area (Å²) in [5.74, 6) is -4.15. The molecule has 6 amide bonds. The molecule has 0 spiro atoms. The van der Waals surface area contributed by atoms with E-state index in [1.165, 1.54) is 35.6 Å². The number of hydrogen-bond donors (Lipinski definition) is 2. The minimum Gasteiger partial charge on any atom is -0.460 e. The molecule has 9 atom stereocenters. The van der Waals surface area contributed by atoms with Gasteiger partial charge >= 0.3 is 5.97 Å². The molecule has 302 valence electrons. The van der Waals surface area contributed by atoms with Gasteiger partial charge in [0.25, 0.3) is 5.91 Å². The number of aliphatic hydroxyl groups is 1. The standard InChI is InChI=1S/C39H67N5O9/c1-13-14-15-24(6)19-25(7)36(49)41(11)30(18-22(2)3)35(48)40-33(27(9)53-28(10)45)38(51)42(12)34(23(4)5)39(52)43-21-29(46)20-31(43)37(50)44-26(8)16-17-32(44)47/h22-27,29-31,33-34,46H,13-21H2,1-12H3,(H,40,48)/t24?,25?,26?,27?,29-,30-,31-,33-,34-/m0/s1. The summed E-state index contributed by atoms with van der Waals surface area (Å²) < 4.78 is 5.42. The first kappa shape index (κ1) is 45.6. The molecular weight excluding hydrogens is 682 g/mol. The summed E-state index contributed by atoms with van der Waals surface area (Å²) in [6, 6.07) is -4.95. The summed E-state index contributed by atoms with van der Waals surface area (Å²) in [7, 11) is 3.00. The molecule has 0 radical (unpaired) electrons. The number of nitrogens with zero attached hydrogens (tertiary/aromatic N) is 4. The summed E-state index contributed by atoms with van der Waals surface area (Å²) in [6.07, 6.45) is 2.64.